The van der Waals surface area contributed by atoms with Crippen molar-refractivity contribution < 1.29 is 9.53 Å². The zero-order chi connectivity index (χ0) is 14.8. The number of rotatable bonds is 3. The molecule has 2 rings (SSSR count). The Hall–Kier alpha value is -1.75. The van der Waals surface area contributed by atoms with Crippen molar-refractivity contribution in [1.82, 2.24) is 5.32 Å². The number of amides is 1. The molecule has 0 aliphatic carbocycles. The molecule has 1 aliphatic heterocycles. The van der Waals surface area contributed by atoms with Crippen LogP contribution in [0.3, 0.4) is 0 Å². The average molecular weight is 277 g/mol. The normalized spacial score (nSPS) is 21.2. The standard InChI is InChI=1S/C15H23N3O2/c1-15(2)9-11(6-7-20-15)18-13-8-10(14(19)17-3)4-5-12(13)16/h4-5,8,11,18H,6-7,9,16H2,1-3H3,(H,17,19). The van der Waals surface area contributed by atoms with Gasteiger partial charge < -0.3 is 21.1 Å². The minimum Gasteiger partial charge on any atom is -0.397 e. The minimum atomic E-state index is -0.122. The predicted octanol–water partition coefficient (Wildman–Crippen LogP) is 2.00. The minimum absolute atomic E-state index is 0.111. The maximum Gasteiger partial charge on any atom is 0.251 e. The summed E-state index contributed by atoms with van der Waals surface area (Å²) in [6.45, 7) is 4.91. The van der Waals surface area contributed by atoms with Crippen LogP contribution in [0, 0.1) is 0 Å². The molecule has 1 fully saturated rings. The molecule has 5 heteroatoms. The summed E-state index contributed by atoms with van der Waals surface area (Å²) in [5, 5.41) is 6.06. The van der Waals surface area contributed by atoms with E-state index in [1.807, 2.05) is 0 Å². The first kappa shape index (κ1) is 14.7. The van der Waals surface area contributed by atoms with Crippen LogP contribution in [0.2, 0.25) is 0 Å². The van der Waals surface area contributed by atoms with Crippen LogP contribution in [-0.2, 0) is 4.74 Å². The van der Waals surface area contributed by atoms with Crippen molar-refractivity contribution >= 4 is 17.3 Å². The highest BCUT2D eigenvalue weighted by Crippen LogP contribution is 2.28. The van der Waals surface area contributed by atoms with Gasteiger partial charge in [0, 0.05) is 25.3 Å². The molecule has 1 atom stereocenters. The third-order valence-corrected chi connectivity index (χ3v) is 3.60. The lowest BCUT2D eigenvalue weighted by Gasteiger charge is -2.36. The highest BCUT2D eigenvalue weighted by Gasteiger charge is 2.29. The molecular weight excluding hydrogens is 254 g/mol. The Bertz CT molecular complexity index is 500. The average Bonchev–Trinajstić information content (AvgIpc) is 2.39. The summed E-state index contributed by atoms with van der Waals surface area (Å²) in [4.78, 5) is 11.7. The molecular formula is C15H23N3O2. The Morgan fingerprint density at radius 1 is 1.45 bits per heavy atom. The second-order valence-electron chi connectivity index (χ2n) is 5.82. The summed E-state index contributed by atoms with van der Waals surface area (Å²) >= 11 is 0. The highest BCUT2D eigenvalue weighted by molar-refractivity contribution is 5.96. The first-order valence-electron chi connectivity index (χ1n) is 6.93. The second kappa shape index (κ2) is 5.71. The zero-order valence-electron chi connectivity index (χ0n) is 12.3. The summed E-state index contributed by atoms with van der Waals surface area (Å²) in [5.74, 6) is -0.111. The maximum atomic E-state index is 11.7. The van der Waals surface area contributed by atoms with Crippen LogP contribution in [0.5, 0.6) is 0 Å². The fourth-order valence-electron chi connectivity index (χ4n) is 2.54. The van der Waals surface area contributed by atoms with Gasteiger partial charge in [-0.1, -0.05) is 0 Å². The molecule has 1 amide bonds. The number of anilines is 2. The van der Waals surface area contributed by atoms with Gasteiger partial charge in [-0.05, 0) is 44.9 Å². The molecule has 5 nitrogen and oxygen atoms in total. The van der Waals surface area contributed by atoms with E-state index < -0.39 is 0 Å². The summed E-state index contributed by atoms with van der Waals surface area (Å²) < 4.78 is 5.71. The number of benzene rings is 1. The van der Waals surface area contributed by atoms with E-state index in [9.17, 15) is 4.79 Å². The Balaban J connectivity index is 2.14. The number of nitrogens with one attached hydrogen (secondary N) is 2. The largest absolute Gasteiger partial charge is 0.397 e. The van der Waals surface area contributed by atoms with Crippen molar-refractivity contribution in [3.05, 3.63) is 23.8 Å². The van der Waals surface area contributed by atoms with Gasteiger partial charge in [-0.2, -0.15) is 0 Å². The number of ether oxygens (including phenoxy) is 1. The quantitative estimate of drug-likeness (QED) is 0.739. The van der Waals surface area contributed by atoms with Gasteiger partial charge in [0.1, 0.15) is 0 Å². The number of nitrogens with two attached hydrogens (primary N) is 1. The Labute approximate surface area is 119 Å². The SMILES string of the molecule is CNC(=O)c1ccc(N)c(NC2CCOC(C)(C)C2)c1. The third kappa shape index (κ3) is 3.42. The van der Waals surface area contributed by atoms with Crippen LogP contribution in [-0.4, -0.2) is 31.2 Å². The number of nitrogen functional groups attached to an aromatic ring is 1. The fourth-order valence-corrected chi connectivity index (χ4v) is 2.54. The van der Waals surface area contributed by atoms with Crippen LogP contribution in [0.15, 0.2) is 18.2 Å². The van der Waals surface area contributed by atoms with E-state index in [1.165, 1.54) is 0 Å². The molecule has 0 saturated carbocycles. The topological polar surface area (TPSA) is 76.4 Å². The molecule has 1 saturated heterocycles. The fraction of sp³-hybridized carbons (Fsp3) is 0.533. The third-order valence-electron chi connectivity index (χ3n) is 3.60. The van der Waals surface area contributed by atoms with Gasteiger partial charge in [-0.25, -0.2) is 0 Å². The van der Waals surface area contributed by atoms with E-state index in [1.54, 1.807) is 25.2 Å². The summed E-state index contributed by atoms with van der Waals surface area (Å²) in [6, 6.07) is 5.60. The van der Waals surface area contributed by atoms with Crippen LogP contribution >= 0.6 is 0 Å². The van der Waals surface area contributed by atoms with Gasteiger partial charge >= 0.3 is 0 Å². The first-order chi connectivity index (χ1) is 9.41. The van der Waals surface area contributed by atoms with E-state index in [2.05, 4.69) is 24.5 Å². The molecule has 1 aromatic rings. The lowest BCUT2D eigenvalue weighted by atomic mass is 9.93. The lowest BCUT2D eigenvalue weighted by Crippen LogP contribution is -2.40. The number of hydrogen-bond acceptors (Lipinski definition) is 4. The predicted molar refractivity (Wildman–Crippen MR) is 80.9 cm³/mol. The first-order valence-corrected chi connectivity index (χ1v) is 6.93. The van der Waals surface area contributed by atoms with Crippen molar-refractivity contribution in [3.63, 3.8) is 0 Å². The summed E-state index contributed by atoms with van der Waals surface area (Å²) in [6.07, 6.45) is 1.85. The molecule has 0 bridgehead atoms. The monoisotopic (exact) mass is 277 g/mol. The molecule has 1 unspecified atom stereocenters. The van der Waals surface area contributed by atoms with Crippen LogP contribution in [0.25, 0.3) is 0 Å². The maximum absolute atomic E-state index is 11.7. The van der Waals surface area contributed by atoms with E-state index in [4.69, 9.17) is 10.5 Å². The Morgan fingerprint density at radius 2 is 2.20 bits per heavy atom. The van der Waals surface area contributed by atoms with Gasteiger partial charge in [0.2, 0.25) is 0 Å². The number of hydrogen-bond donors (Lipinski definition) is 3. The van der Waals surface area contributed by atoms with Gasteiger partial charge in [-0.3, -0.25) is 4.79 Å². The van der Waals surface area contributed by atoms with E-state index in [0.717, 1.165) is 25.1 Å². The van der Waals surface area contributed by atoms with Crippen molar-refractivity contribution in [2.24, 2.45) is 0 Å². The van der Waals surface area contributed by atoms with Crippen molar-refractivity contribution in [3.8, 4) is 0 Å². The van der Waals surface area contributed by atoms with Gasteiger partial charge in [0.15, 0.2) is 0 Å². The van der Waals surface area contributed by atoms with Crippen LogP contribution < -0.4 is 16.4 Å². The van der Waals surface area contributed by atoms with Crippen LogP contribution in [0.1, 0.15) is 37.0 Å². The Kier molecular flexibility index (Phi) is 4.18. The molecule has 0 aromatic heterocycles. The molecule has 1 aliphatic rings. The van der Waals surface area contributed by atoms with Gasteiger partial charge in [-0.15, -0.1) is 0 Å². The molecule has 0 radical (unpaired) electrons. The smallest absolute Gasteiger partial charge is 0.251 e. The molecule has 1 aromatic carbocycles. The lowest BCUT2D eigenvalue weighted by molar-refractivity contribution is -0.0553. The molecule has 110 valence electrons. The summed E-state index contributed by atoms with van der Waals surface area (Å²) in [7, 11) is 1.62. The Morgan fingerprint density at radius 3 is 2.85 bits per heavy atom. The zero-order valence-corrected chi connectivity index (χ0v) is 12.3. The van der Waals surface area contributed by atoms with Gasteiger partial charge in [0.05, 0.1) is 17.0 Å². The highest BCUT2D eigenvalue weighted by atomic mass is 16.5. The van der Waals surface area contributed by atoms with E-state index in [-0.39, 0.29) is 11.5 Å². The second-order valence-corrected chi connectivity index (χ2v) is 5.82. The molecule has 1 heterocycles. The molecule has 0 spiro atoms. The van der Waals surface area contributed by atoms with E-state index >= 15 is 0 Å². The number of carbonyl (C=O) groups excluding carboxylic acids is 1. The number of carbonyl (C=O) groups is 1. The van der Waals surface area contributed by atoms with Crippen molar-refractivity contribution in [1.29, 1.82) is 0 Å². The van der Waals surface area contributed by atoms with Crippen molar-refractivity contribution in [2.45, 2.75) is 38.3 Å². The van der Waals surface area contributed by atoms with Gasteiger partial charge in [0.25, 0.3) is 5.91 Å². The summed E-state index contributed by atoms with van der Waals surface area (Å²) in [5.41, 5.74) is 7.94. The van der Waals surface area contributed by atoms with E-state index in [0.29, 0.717) is 17.3 Å². The molecule has 20 heavy (non-hydrogen) atoms. The molecule has 4 N–H and O–H groups in total. The van der Waals surface area contributed by atoms with Crippen molar-refractivity contribution in [2.75, 3.05) is 24.7 Å². The van der Waals surface area contributed by atoms with Crippen LogP contribution in [0.4, 0.5) is 11.4 Å².